The van der Waals surface area contributed by atoms with Crippen LogP contribution < -0.4 is 14.4 Å². The first-order valence-electron chi connectivity index (χ1n) is 22.0. The van der Waals surface area contributed by atoms with Gasteiger partial charge in [0.05, 0.1) is 43.7 Å². The summed E-state index contributed by atoms with van der Waals surface area (Å²) in [6, 6.07) is 13.6. The van der Waals surface area contributed by atoms with E-state index in [-0.39, 0.29) is 64.7 Å². The zero-order valence-corrected chi connectivity index (χ0v) is 39.4. The number of fused-ring (bicyclic) bond motifs is 2. The molecule has 0 atom stereocenters. The zero-order chi connectivity index (χ0) is 49.2. The maximum atomic E-state index is 14.9. The fraction of sp³-hybridized carbons (Fsp3) is 0.408. The van der Waals surface area contributed by atoms with Crippen LogP contribution in [0.2, 0.25) is 0 Å². The predicted molar refractivity (Wildman–Crippen MR) is 248 cm³/mol. The summed E-state index contributed by atoms with van der Waals surface area (Å²) in [4.78, 5) is 72.0. The summed E-state index contributed by atoms with van der Waals surface area (Å²) in [7, 11) is 2.82. The molecule has 0 bridgehead atoms. The highest BCUT2D eigenvalue weighted by molar-refractivity contribution is 6.05. The van der Waals surface area contributed by atoms with Crippen molar-refractivity contribution >= 4 is 57.9 Å². The number of carbonyl (C=O) groups is 4. The number of alkyl halides is 2. The van der Waals surface area contributed by atoms with Crippen LogP contribution in [0.15, 0.2) is 60.9 Å². The summed E-state index contributed by atoms with van der Waals surface area (Å²) in [5, 5.41) is 14.7. The van der Waals surface area contributed by atoms with Gasteiger partial charge in [0.1, 0.15) is 28.0 Å². The van der Waals surface area contributed by atoms with Crippen LogP contribution >= 0.6 is 0 Å². The molecule has 17 nitrogen and oxygen atoms in total. The normalized spacial score (nSPS) is 15.3. The average Bonchev–Trinajstić information content (AvgIpc) is 3.72. The molecule has 0 saturated heterocycles. The number of rotatable bonds is 13. The topological polar surface area (TPSA) is 201 Å². The Balaban J connectivity index is 1.33. The fourth-order valence-corrected chi connectivity index (χ4v) is 8.44. The molecular weight excluding hydrogens is 883 g/mol. The third-order valence-corrected chi connectivity index (χ3v) is 11.4. The van der Waals surface area contributed by atoms with Crippen LogP contribution in [0.4, 0.5) is 29.9 Å². The van der Waals surface area contributed by atoms with E-state index in [1.54, 1.807) is 82.4 Å². The molecule has 7 rings (SSSR count). The van der Waals surface area contributed by atoms with Crippen molar-refractivity contribution in [3.63, 3.8) is 0 Å². The molecule has 358 valence electrons. The van der Waals surface area contributed by atoms with Gasteiger partial charge in [-0.2, -0.15) is 10.1 Å². The van der Waals surface area contributed by atoms with Gasteiger partial charge in [0.2, 0.25) is 5.88 Å². The largest absolute Gasteiger partial charge is 0.496 e. The number of aldehydes is 1. The standard InChI is InChI=1S/C49H54F2N8O9/c1-27-31(32-13-11-15-37-33(32)24-53-59(37)39-22-38(65-8)34(26-60)45(55-39)66-9)12-10-14-36(27)58(47(64)68-49(5,6)7)44-41-35(54-43(56-44)42(50)51)20-29(23-52-41)25-57(46(63)67-48(2,3)4)30-18-16-28(17-19-30)21-40(61)62/h10-15,20,22-24,26,28,30,42H,16-19,21,25H2,1-9H3,(H,61,62). The Morgan fingerprint density at radius 2 is 1.56 bits per heavy atom. The lowest BCUT2D eigenvalue weighted by molar-refractivity contribution is -0.138. The number of hydrogen-bond donors (Lipinski definition) is 1. The van der Waals surface area contributed by atoms with Crippen LogP contribution in [-0.4, -0.2) is 95.6 Å². The molecule has 6 aromatic rings. The molecule has 4 heterocycles. The number of carboxylic acids is 1. The lowest BCUT2D eigenvalue weighted by atomic mass is 9.83. The van der Waals surface area contributed by atoms with E-state index in [2.05, 4.69) is 25.0 Å². The Bertz CT molecular complexity index is 2860. The first-order chi connectivity index (χ1) is 32.2. The Morgan fingerprint density at radius 1 is 0.882 bits per heavy atom. The lowest BCUT2D eigenvalue weighted by Gasteiger charge is -2.37. The number of carbonyl (C=O) groups excluding carboxylic acids is 3. The molecule has 68 heavy (non-hydrogen) atoms. The van der Waals surface area contributed by atoms with Crippen molar-refractivity contribution in [1.82, 2.24) is 34.6 Å². The van der Waals surface area contributed by atoms with E-state index in [0.29, 0.717) is 70.9 Å². The van der Waals surface area contributed by atoms with Crippen LogP contribution in [0.1, 0.15) is 107 Å². The Morgan fingerprint density at radius 3 is 2.19 bits per heavy atom. The van der Waals surface area contributed by atoms with Gasteiger partial charge in [-0.1, -0.05) is 24.3 Å². The third kappa shape index (κ3) is 10.5. The number of aromatic nitrogens is 6. The minimum absolute atomic E-state index is 0.00846. The fourth-order valence-electron chi connectivity index (χ4n) is 8.44. The van der Waals surface area contributed by atoms with E-state index in [4.69, 9.17) is 18.9 Å². The Labute approximate surface area is 391 Å². The number of hydrogen-bond acceptors (Lipinski definition) is 13. The second kappa shape index (κ2) is 19.5. The maximum absolute atomic E-state index is 14.9. The summed E-state index contributed by atoms with van der Waals surface area (Å²) in [5.74, 6) is -1.42. The molecule has 1 aliphatic carbocycles. The molecule has 1 saturated carbocycles. The summed E-state index contributed by atoms with van der Waals surface area (Å²) < 4.78 is 53.9. The van der Waals surface area contributed by atoms with Gasteiger partial charge in [0.15, 0.2) is 23.7 Å². The van der Waals surface area contributed by atoms with Gasteiger partial charge < -0.3 is 29.0 Å². The SMILES string of the molecule is COc1cc(-n2ncc3c(-c4cccc(N(C(=O)OC(C)(C)C)c5nc(C(F)F)nc6cc(CN(C(=O)OC(C)(C)C)C7CCC(CC(=O)O)CC7)cnc56)c4C)cccc32)nc(OC)c1C=O. The van der Waals surface area contributed by atoms with E-state index in [1.165, 1.54) is 26.5 Å². The van der Waals surface area contributed by atoms with Gasteiger partial charge in [-0.15, -0.1) is 0 Å². The van der Waals surface area contributed by atoms with Crippen LogP contribution in [-0.2, 0) is 20.8 Å². The van der Waals surface area contributed by atoms with Crippen molar-refractivity contribution < 1.29 is 52.0 Å². The van der Waals surface area contributed by atoms with E-state index in [0.717, 1.165) is 4.90 Å². The number of benzene rings is 2. The molecule has 1 fully saturated rings. The van der Waals surface area contributed by atoms with E-state index < -0.39 is 41.6 Å². The predicted octanol–water partition coefficient (Wildman–Crippen LogP) is 10.3. The molecule has 1 N–H and O–H groups in total. The van der Waals surface area contributed by atoms with Crippen LogP contribution in [0.25, 0.3) is 38.9 Å². The van der Waals surface area contributed by atoms with Crippen LogP contribution in [0, 0.1) is 12.8 Å². The van der Waals surface area contributed by atoms with Gasteiger partial charge >= 0.3 is 18.2 Å². The number of ether oxygens (including phenoxy) is 4. The Kier molecular flexibility index (Phi) is 13.9. The molecule has 2 aromatic carbocycles. The maximum Gasteiger partial charge on any atom is 0.420 e. The number of anilines is 2. The van der Waals surface area contributed by atoms with Crippen molar-refractivity contribution in [2.24, 2.45) is 5.92 Å². The van der Waals surface area contributed by atoms with Crippen molar-refractivity contribution in [1.29, 1.82) is 0 Å². The van der Waals surface area contributed by atoms with Gasteiger partial charge in [0, 0.05) is 30.1 Å². The number of aliphatic carboxylic acids is 1. The molecule has 2 amide bonds. The Hall–Kier alpha value is -7.31. The molecule has 0 unspecified atom stereocenters. The minimum atomic E-state index is -3.16. The number of amides is 2. The molecule has 0 aliphatic heterocycles. The summed E-state index contributed by atoms with van der Waals surface area (Å²) in [5.41, 5.74) is 1.51. The number of pyridine rings is 2. The van der Waals surface area contributed by atoms with E-state index in [9.17, 15) is 33.1 Å². The molecule has 0 radical (unpaired) electrons. The molecular formula is C49H54F2N8O9. The van der Waals surface area contributed by atoms with Crippen molar-refractivity contribution in [2.75, 3.05) is 19.1 Å². The second-order valence-corrected chi connectivity index (χ2v) is 18.6. The molecule has 0 spiro atoms. The number of halogens is 2. The highest BCUT2D eigenvalue weighted by Gasteiger charge is 2.35. The zero-order valence-electron chi connectivity index (χ0n) is 39.4. The lowest BCUT2D eigenvalue weighted by Crippen LogP contribution is -2.44. The summed E-state index contributed by atoms with van der Waals surface area (Å²) in [6.07, 6.45) is 1.38. The highest BCUT2D eigenvalue weighted by Crippen LogP contribution is 2.41. The first-order valence-corrected chi connectivity index (χ1v) is 22.0. The third-order valence-electron chi connectivity index (χ3n) is 11.4. The highest BCUT2D eigenvalue weighted by atomic mass is 19.3. The second-order valence-electron chi connectivity index (χ2n) is 18.6. The molecule has 1 aliphatic rings. The number of carboxylic acid groups (broad SMARTS) is 1. The van der Waals surface area contributed by atoms with Crippen molar-refractivity contribution in [2.45, 2.75) is 111 Å². The van der Waals surface area contributed by atoms with Crippen molar-refractivity contribution in [3.8, 4) is 28.6 Å². The molecule has 19 heteroatoms. The average molecular weight is 937 g/mol. The van der Waals surface area contributed by atoms with Gasteiger partial charge in [-0.05, 0) is 121 Å². The van der Waals surface area contributed by atoms with Crippen LogP contribution in [0.3, 0.4) is 0 Å². The summed E-state index contributed by atoms with van der Waals surface area (Å²) >= 11 is 0. The van der Waals surface area contributed by atoms with Crippen LogP contribution in [0.5, 0.6) is 11.6 Å². The number of methoxy groups -OCH3 is 2. The summed E-state index contributed by atoms with van der Waals surface area (Å²) in [6.45, 7) is 12.1. The minimum Gasteiger partial charge on any atom is -0.496 e. The van der Waals surface area contributed by atoms with E-state index in [1.807, 2.05) is 24.3 Å². The van der Waals surface area contributed by atoms with Gasteiger partial charge in [0.25, 0.3) is 6.43 Å². The quantitative estimate of drug-likeness (QED) is 0.107. The van der Waals surface area contributed by atoms with Gasteiger partial charge in [-0.25, -0.2) is 37.9 Å². The smallest absolute Gasteiger partial charge is 0.420 e. The van der Waals surface area contributed by atoms with E-state index >= 15 is 0 Å². The van der Waals surface area contributed by atoms with Crippen molar-refractivity contribution in [3.05, 3.63) is 83.4 Å². The van der Waals surface area contributed by atoms with Gasteiger partial charge in [-0.3, -0.25) is 14.6 Å². The number of nitrogens with zero attached hydrogens (tertiary/aromatic N) is 8. The monoisotopic (exact) mass is 936 g/mol. The molecule has 4 aromatic heterocycles. The first kappa shape index (κ1) is 48.6.